The highest BCUT2D eigenvalue weighted by atomic mass is 19.4. The lowest BCUT2D eigenvalue weighted by atomic mass is 10.0. The third-order valence-electron chi connectivity index (χ3n) is 4.47. The first-order chi connectivity index (χ1) is 14.0. The molecule has 0 saturated heterocycles. The van der Waals surface area contributed by atoms with Crippen LogP contribution in [0.15, 0.2) is 47.3 Å². The molecule has 1 aromatic heterocycles. The molecule has 3 aromatic rings. The Morgan fingerprint density at radius 1 is 1.03 bits per heavy atom. The fourth-order valence-corrected chi connectivity index (χ4v) is 3.04. The molecule has 0 N–H and O–H groups in total. The second-order valence-corrected chi connectivity index (χ2v) is 6.52. The van der Waals surface area contributed by atoms with E-state index >= 15 is 0 Å². The Morgan fingerprint density at radius 2 is 1.73 bits per heavy atom. The van der Waals surface area contributed by atoms with E-state index in [1.165, 1.54) is 18.2 Å². The molecule has 0 unspecified atom stereocenters. The van der Waals surface area contributed by atoms with Gasteiger partial charge in [0, 0.05) is 5.56 Å². The highest BCUT2D eigenvalue weighted by Gasteiger charge is 2.36. The van der Waals surface area contributed by atoms with Crippen molar-refractivity contribution < 1.29 is 26.3 Å². The van der Waals surface area contributed by atoms with E-state index in [2.05, 4.69) is 0 Å². The molecule has 9 heteroatoms. The summed E-state index contributed by atoms with van der Waals surface area (Å²) in [6.07, 6.45) is -4.99. The zero-order valence-corrected chi connectivity index (χ0v) is 15.3. The third kappa shape index (κ3) is 3.81. The summed E-state index contributed by atoms with van der Waals surface area (Å²) in [6.45, 7) is 0.966. The SMILES string of the molecule is Cc1cccc(-c2cc(C(F)(F)F)c(C#N)c(=O)n2Cc2ccc(F)c(F)c2F)c1. The Morgan fingerprint density at radius 3 is 2.33 bits per heavy atom. The van der Waals surface area contributed by atoms with Gasteiger partial charge in [0.15, 0.2) is 17.5 Å². The summed E-state index contributed by atoms with van der Waals surface area (Å²) in [5, 5.41) is 9.15. The van der Waals surface area contributed by atoms with Crippen LogP contribution in [0.3, 0.4) is 0 Å². The van der Waals surface area contributed by atoms with Gasteiger partial charge in [0.05, 0.1) is 17.8 Å². The largest absolute Gasteiger partial charge is 0.417 e. The van der Waals surface area contributed by atoms with Gasteiger partial charge in [-0.2, -0.15) is 18.4 Å². The van der Waals surface area contributed by atoms with Crippen molar-refractivity contribution in [1.82, 2.24) is 4.57 Å². The van der Waals surface area contributed by atoms with Crippen LogP contribution in [0, 0.1) is 35.7 Å². The molecule has 154 valence electrons. The average Bonchev–Trinajstić information content (AvgIpc) is 2.68. The van der Waals surface area contributed by atoms with Crippen molar-refractivity contribution >= 4 is 0 Å². The number of aromatic nitrogens is 1. The molecule has 0 fully saturated rings. The van der Waals surface area contributed by atoms with Crippen LogP contribution in [0.4, 0.5) is 26.3 Å². The lowest BCUT2D eigenvalue weighted by Crippen LogP contribution is -2.29. The highest BCUT2D eigenvalue weighted by Crippen LogP contribution is 2.34. The summed E-state index contributed by atoms with van der Waals surface area (Å²) in [5.41, 5.74) is -3.79. The molecule has 0 aliphatic carbocycles. The second kappa shape index (κ2) is 7.71. The number of nitrogens with zero attached hydrogens (tertiary/aromatic N) is 2. The number of hydrogen-bond acceptors (Lipinski definition) is 2. The van der Waals surface area contributed by atoms with Crippen LogP contribution in [-0.4, -0.2) is 4.57 Å². The predicted molar refractivity (Wildman–Crippen MR) is 96.0 cm³/mol. The zero-order chi connectivity index (χ0) is 22.2. The standard InChI is InChI=1S/C21H12F6N2O/c1-11-3-2-4-12(7-11)17-8-15(21(25,26)27)14(9-28)20(30)29(17)10-13-5-6-16(22)19(24)18(13)23/h2-8H,10H2,1H3. The molecule has 30 heavy (non-hydrogen) atoms. The molecule has 2 aromatic carbocycles. The fraction of sp³-hybridized carbons (Fsp3) is 0.143. The van der Waals surface area contributed by atoms with Crippen LogP contribution in [0.5, 0.6) is 0 Å². The van der Waals surface area contributed by atoms with Gasteiger partial charge in [-0.05, 0) is 30.7 Å². The van der Waals surface area contributed by atoms with E-state index in [0.717, 1.165) is 10.6 Å². The van der Waals surface area contributed by atoms with Crippen molar-refractivity contribution in [3.05, 3.63) is 92.5 Å². The Bertz CT molecular complexity index is 1240. The highest BCUT2D eigenvalue weighted by molar-refractivity contribution is 5.63. The Hall–Kier alpha value is -3.54. The van der Waals surface area contributed by atoms with E-state index in [4.69, 9.17) is 5.26 Å². The summed E-state index contributed by atoms with van der Waals surface area (Å²) < 4.78 is 82.1. The van der Waals surface area contributed by atoms with Gasteiger partial charge in [-0.3, -0.25) is 4.79 Å². The number of halogens is 6. The smallest absolute Gasteiger partial charge is 0.303 e. The van der Waals surface area contributed by atoms with E-state index in [1.54, 1.807) is 19.1 Å². The molecule has 0 amide bonds. The second-order valence-electron chi connectivity index (χ2n) is 6.52. The topological polar surface area (TPSA) is 45.8 Å². The fourth-order valence-electron chi connectivity index (χ4n) is 3.04. The third-order valence-corrected chi connectivity index (χ3v) is 4.47. The first kappa shape index (κ1) is 21.2. The maximum atomic E-state index is 14.2. The van der Waals surface area contributed by atoms with Crippen molar-refractivity contribution in [3.63, 3.8) is 0 Å². The number of aryl methyl sites for hydroxylation is 1. The number of alkyl halides is 3. The molecule has 0 aliphatic heterocycles. The molecule has 0 aliphatic rings. The first-order valence-electron chi connectivity index (χ1n) is 8.49. The minimum atomic E-state index is -4.99. The van der Waals surface area contributed by atoms with Crippen LogP contribution in [0.25, 0.3) is 11.3 Å². The van der Waals surface area contributed by atoms with Crippen molar-refractivity contribution in [2.24, 2.45) is 0 Å². The first-order valence-corrected chi connectivity index (χ1v) is 8.49. The number of hydrogen-bond donors (Lipinski definition) is 0. The van der Waals surface area contributed by atoms with Crippen molar-refractivity contribution in [1.29, 1.82) is 5.26 Å². The lowest BCUT2D eigenvalue weighted by molar-refractivity contribution is -0.137. The maximum Gasteiger partial charge on any atom is 0.417 e. The van der Waals surface area contributed by atoms with Gasteiger partial charge in [-0.1, -0.05) is 29.8 Å². The van der Waals surface area contributed by atoms with E-state index in [0.29, 0.717) is 17.7 Å². The summed E-state index contributed by atoms with van der Waals surface area (Å²) in [7, 11) is 0. The lowest BCUT2D eigenvalue weighted by Gasteiger charge is -2.18. The molecule has 0 bridgehead atoms. The molecule has 0 radical (unpaired) electrons. The molecule has 0 saturated carbocycles. The minimum Gasteiger partial charge on any atom is -0.303 e. The molecular formula is C21H12F6N2O. The predicted octanol–water partition coefficient (Wildman–Crippen LogP) is 5.18. The zero-order valence-electron chi connectivity index (χ0n) is 15.3. The molecule has 3 rings (SSSR count). The molecular weight excluding hydrogens is 410 g/mol. The van der Waals surface area contributed by atoms with Gasteiger partial charge in [0.25, 0.3) is 5.56 Å². The van der Waals surface area contributed by atoms with Gasteiger partial charge in [0.2, 0.25) is 0 Å². The van der Waals surface area contributed by atoms with E-state index in [-0.39, 0.29) is 11.3 Å². The minimum absolute atomic E-state index is 0.199. The van der Waals surface area contributed by atoms with Gasteiger partial charge in [-0.25, -0.2) is 13.2 Å². The molecule has 0 atom stereocenters. The van der Waals surface area contributed by atoms with E-state index in [9.17, 15) is 31.1 Å². The number of benzene rings is 2. The summed E-state index contributed by atoms with van der Waals surface area (Å²) >= 11 is 0. The average molecular weight is 422 g/mol. The van der Waals surface area contributed by atoms with Crippen molar-refractivity contribution in [2.75, 3.05) is 0 Å². The summed E-state index contributed by atoms with van der Waals surface area (Å²) in [4.78, 5) is 12.8. The Labute approximate surface area is 166 Å². The van der Waals surface area contributed by atoms with Gasteiger partial charge >= 0.3 is 6.18 Å². The van der Waals surface area contributed by atoms with Crippen molar-refractivity contribution in [2.45, 2.75) is 19.6 Å². The quantitative estimate of drug-likeness (QED) is 0.431. The number of rotatable bonds is 3. The summed E-state index contributed by atoms with van der Waals surface area (Å²) in [6, 6.07) is 9.53. The normalized spacial score (nSPS) is 11.4. The van der Waals surface area contributed by atoms with Crippen LogP contribution in [0.1, 0.15) is 22.3 Å². The molecule has 0 spiro atoms. The van der Waals surface area contributed by atoms with Gasteiger partial charge in [-0.15, -0.1) is 0 Å². The number of nitriles is 1. The van der Waals surface area contributed by atoms with Gasteiger partial charge in [0.1, 0.15) is 11.6 Å². The van der Waals surface area contributed by atoms with Crippen LogP contribution in [-0.2, 0) is 12.7 Å². The molecule has 1 heterocycles. The number of pyridine rings is 1. The Kier molecular flexibility index (Phi) is 5.44. The van der Waals surface area contributed by atoms with Crippen molar-refractivity contribution in [3.8, 4) is 17.3 Å². The van der Waals surface area contributed by atoms with Crippen LogP contribution < -0.4 is 5.56 Å². The van der Waals surface area contributed by atoms with E-state index in [1.807, 2.05) is 0 Å². The van der Waals surface area contributed by atoms with E-state index < -0.39 is 52.4 Å². The van der Waals surface area contributed by atoms with Crippen LogP contribution in [0.2, 0.25) is 0 Å². The molecule has 3 nitrogen and oxygen atoms in total. The Balaban J connectivity index is 2.35. The van der Waals surface area contributed by atoms with Crippen LogP contribution >= 0.6 is 0 Å². The monoisotopic (exact) mass is 422 g/mol. The van der Waals surface area contributed by atoms with Gasteiger partial charge < -0.3 is 4.57 Å². The maximum absolute atomic E-state index is 14.2. The summed E-state index contributed by atoms with van der Waals surface area (Å²) in [5.74, 6) is -4.80.